The molecule has 0 saturated carbocycles. The van der Waals surface area contributed by atoms with Crippen LogP contribution in [0.5, 0.6) is 0 Å². The molecule has 0 amide bonds. The highest BCUT2D eigenvalue weighted by Crippen LogP contribution is 2.27. The second-order valence-electron chi connectivity index (χ2n) is 4.48. The van der Waals surface area contributed by atoms with Gasteiger partial charge < -0.3 is 5.32 Å². The molecule has 1 aliphatic rings. The van der Waals surface area contributed by atoms with Crippen molar-refractivity contribution in [2.45, 2.75) is 24.6 Å². The van der Waals surface area contributed by atoms with Gasteiger partial charge in [0.15, 0.2) is 0 Å². The molecule has 2 unspecified atom stereocenters. The molecule has 0 aromatic carbocycles. The largest absolute Gasteiger partial charge is 0.315 e. The number of rotatable bonds is 4. The Hall–Kier alpha value is -0.130. The van der Waals surface area contributed by atoms with E-state index in [1.54, 1.807) is 0 Å². The van der Waals surface area contributed by atoms with E-state index in [9.17, 15) is 0 Å². The SMILES string of the molecule is CNC(Cc1cc(C)nn1C)C1CSCCS1. The van der Waals surface area contributed by atoms with Gasteiger partial charge in [-0.1, -0.05) is 0 Å². The lowest BCUT2D eigenvalue weighted by Crippen LogP contribution is -2.41. The summed E-state index contributed by atoms with van der Waals surface area (Å²) < 4.78 is 2.01. The van der Waals surface area contributed by atoms with Gasteiger partial charge in [0.05, 0.1) is 5.69 Å². The van der Waals surface area contributed by atoms with Crippen LogP contribution in [0, 0.1) is 6.92 Å². The van der Waals surface area contributed by atoms with Gasteiger partial charge in [0, 0.05) is 47.7 Å². The second-order valence-corrected chi connectivity index (χ2v) is 6.98. The van der Waals surface area contributed by atoms with Crippen LogP contribution in [-0.2, 0) is 13.5 Å². The lowest BCUT2D eigenvalue weighted by Gasteiger charge is -2.29. The van der Waals surface area contributed by atoms with Crippen LogP contribution in [0.4, 0.5) is 0 Å². The van der Waals surface area contributed by atoms with E-state index in [-0.39, 0.29) is 0 Å². The monoisotopic (exact) mass is 271 g/mol. The van der Waals surface area contributed by atoms with E-state index in [2.05, 4.69) is 54.0 Å². The van der Waals surface area contributed by atoms with Crippen LogP contribution < -0.4 is 5.32 Å². The zero-order valence-corrected chi connectivity index (χ0v) is 12.4. The molecule has 1 aromatic rings. The average Bonchev–Trinajstić information content (AvgIpc) is 2.66. The molecule has 3 nitrogen and oxygen atoms in total. The Morgan fingerprint density at radius 1 is 1.59 bits per heavy atom. The maximum atomic E-state index is 4.42. The zero-order chi connectivity index (χ0) is 12.3. The van der Waals surface area contributed by atoms with Crippen molar-refractivity contribution in [3.05, 3.63) is 17.5 Å². The van der Waals surface area contributed by atoms with Crippen LogP contribution in [0.15, 0.2) is 6.07 Å². The third-order valence-corrected chi connectivity index (χ3v) is 6.11. The Morgan fingerprint density at radius 3 is 2.94 bits per heavy atom. The zero-order valence-electron chi connectivity index (χ0n) is 10.8. The van der Waals surface area contributed by atoms with Crippen LogP contribution in [-0.4, -0.2) is 45.4 Å². The molecular formula is C12H21N3S2. The Morgan fingerprint density at radius 2 is 2.41 bits per heavy atom. The molecule has 2 rings (SSSR count). The van der Waals surface area contributed by atoms with Gasteiger partial charge in [0.1, 0.15) is 0 Å². The molecular weight excluding hydrogens is 250 g/mol. The summed E-state index contributed by atoms with van der Waals surface area (Å²) in [5.74, 6) is 3.87. The van der Waals surface area contributed by atoms with E-state index in [4.69, 9.17) is 0 Å². The molecule has 1 N–H and O–H groups in total. The van der Waals surface area contributed by atoms with Crippen molar-refractivity contribution < 1.29 is 0 Å². The summed E-state index contributed by atoms with van der Waals surface area (Å²) >= 11 is 4.20. The van der Waals surface area contributed by atoms with E-state index in [0.29, 0.717) is 6.04 Å². The highest BCUT2D eigenvalue weighted by atomic mass is 32.2. The van der Waals surface area contributed by atoms with Crippen molar-refractivity contribution in [3.8, 4) is 0 Å². The Bertz CT molecular complexity index is 359. The Labute approximate surface area is 112 Å². The first-order valence-electron chi connectivity index (χ1n) is 6.07. The minimum Gasteiger partial charge on any atom is -0.315 e. The minimum atomic E-state index is 0.558. The Kier molecular flexibility index (Phi) is 4.82. The number of aryl methyl sites for hydroxylation is 2. The number of nitrogens with zero attached hydrogens (tertiary/aromatic N) is 2. The van der Waals surface area contributed by atoms with Gasteiger partial charge in [0.2, 0.25) is 0 Å². The third-order valence-electron chi connectivity index (χ3n) is 3.19. The summed E-state index contributed by atoms with van der Waals surface area (Å²) in [6.07, 6.45) is 1.08. The predicted octanol–water partition coefficient (Wildman–Crippen LogP) is 1.71. The number of thioether (sulfide) groups is 2. The van der Waals surface area contributed by atoms with Gasteiger partial charge in [0.25, 0.3) is 0 Å². The quantitative estimate of drug-likeness (QED) is 0.903. The Balaban J connectivity index is 2.01. The van der Waals surface area contributed by atoms with E-state index >= 15 is 0 Å². The van der Waals surface area contributed by atoms with Gasteiger partial charge in [-0.05, 0) is 20.0 Å². The summed E-state index contributed by atoms with van der Waals surface area (Å²) in [7, 11) is 4.12. The van der Waals surface area contributed by atoms with Crippen molar-refractivity contribution in [1.82, 2.24) is 15.1 Å². The molecule has 1 fully saturated rings. The van der Waals surface area contributed by atoms with E-state index in [1.807, 2.05) is 11.7 Å². The number of nitrogens with one attached hydrogen (secondary N) is 1. The highest BCUT2D eigenvalue weighted by molar-refractivity contribution is 8.06. The number of likely N-dealkylation sites (N-methyl/N-ethyl adjacent to an activating group) is 1. The van der Waals surface area contributed by atoms with E-state index < -0.39 is 0 Å². The van der Waals surface area contributed by atoms with Crippen molar-refractivity contribution in [3.63, 3.8) is 0 Å². The van der Waals surface area contributed by atoms with E-state index in [1.165, 1.54) is 23.0 Å². The maximum Gasteiger partial charge on any atom is 0.0596 e. The van der Waals surface area contributed by atoms with Gasteiger partial charge in [-0.2, -0.15) is 28.6 Å². The van der Waals surface area contributed by atoms with Crippen molar-refractivity contribution >= 4 is 23.5 Å². The molecule has 0 radical (unpaired) electrons. The lowest BCUT2D eigenvalue weighted by molar-refractivity contribution is 0.534. The minimum absolute atomic E-state index is 0.558. The molecule has 0 bridgehead atoms. The van der Waals surface area contributed by atoms with Crippen LogP contribution in [0.25, 0.3) is 0 Å². The summed E-state index contributed by atoms with van der Waals surface area (Å²) in [5, 5.41) is 8.63. The second kappa shape index (κ2) is 6.16. The number of hydrogen-bond donors (Lipinski definition) is 1. The average molecular weight is 271 g/mol. The lowest BCUT2D eigenvalue weighted by atomic mass is 10.1. The molecule has 1 aliphatic heterocycles. The summed E-state index contributed by atoms with van der Waals surface area (Å²) in [5.41, 5.74) is 2.45. The fourth-order valence-electron chi connectivity index (χ4n) is 2.24. The fraction of sp³-hybridized carbons (Fsp3) is 0.750. The smallest absolute Gasteiger partial charge is 0.0596 e. The van der Waals surface area contributed by atoms with Crippen molar-refractivity contribution in [2.75, 3.05) is 24.3 Å². The molecule has 1 aromatic heterocycles. The van der Waals surface area contributed by atoms with Gasteiger partial charge in [-0.25, -0.2) is 0 Å². The van der Waals surface area contributed by atoms with Gasteiger partial charge >= 0.3 is 0 Å². The first-order chi connectivity index (χ1) is 8.20. The number of hydrogen-bond acceptors (Lipinski definition) is 4. The molecule has 17 heavy (non-hydrogen) atoms. The summed E-state index contributed by atoms with van der Waals surface area (Å²) in [6.45, 7) is 2.06. The summed E-state index contributed by atoms with van der Waals surface area (Å²) in [4.78, 5) is 0. The van der Waals surface area contributed by atoms with Crippen LogP contribution in [0.2, 0.25) is 0 Å². The highest BCUT2D eigenvalue weighted by Gasteiger charge is 2.24. The van der Waals surface area contributed by atoms with Gasteiger partial charge in [-0.3, -0.25) is 4.68 Å². The van der Waals surface area contributed by atoms with Crippen LogP contribution in [0.1, 0.15) is 11.4 Å². The number of aromatic nitrogens is 2. The van der Waals surface area contributed by atoms with Crippen molar-refractivity contribution in [2.24, 2.45) is 7.05 Å². The first-order valence-corrected chi connectivity index (χ1v) is 8.27. The molecule has 2 heterocycles. The normalized spacial score (nSPS) is 22.6. The van der Waals surface area contributed by atoms with Crippen LogP contribution >= 0.6 is 23.5 Å². The molecule has 96 valence electrons. The maximum absolute atomic E-state index is 4.42. The predicted molar refractivity (Wildman–Crippen MR) is 78.1 cm³/mol. The van der Waals surface area contributed by atoms with E-state index in [0.717, 1.165) is 17.4 Å². The molecule has 0 aliphatic carbocycles. The third kappa shape index (κ3) is 3.42. The topological polar surface area (TPSA) is 29.9 Å². The van der Waals surface area contributed by atoms with Gasteiger partial charge in [-0.15, -0.1) is 0 Å². The fourth-order valence-corrected chi connectivity index (χ4v) is 5.17. The molecule has 1 saturated heterocycles. The molecule has 0 spiro atoms. The van der Waals surface area contributed by atoms with Crippen molar-refractivity contribution in [1.29, 1.82) is 0 Å². The van der Waals surface area contributed by atoms with Crippen LogP contribution in [0.3, 0.4) is 0 Å². The standard InChI is InChI=1S/C12H21N3S2/c1-9-6-10(15(3)14-9)7-11(13-2)12-8-16-4-5-17-12/h6,11-13H,4-5,7-8H2,1-3H3. The molecule has 5 heteroatoms. The summed E-state index contributed by atoms with van der Waals surface area (Å²) in [6, 6.07) is 2.76. The molecule has 2 atom stereocenters. The first kappa shape index (κ1) is 13.3.